The van der Waals surface area contributed by atoms with Gasteiger partial charge in [-0.2, -0.15) is 0 Å². The maximum absolute atomic E-state index is 11.5. The molecule has 19 heavy (non-hydrogen) atoms. The molecular formula is C16H26N2O. The molecule has 0 aliphatic rings. The summed E-state index contributed by atoms with van der Waals surface area (Å²) < 4.78 is 0. The van der Waals surface area contributed by atoms with Crippen LogP contribution < -0.4 is 11.1 Å². The van der Waals surface area contributed by atoms with E-state index in [1.807, 2.05) is 32.0 Å². The maximum atomic E-state index is 11.5. The molecule has 0 saturated carbocycles. The van der Waals surface area contributed by atoms with E-state index in [2.05, 4.69) is 24.4 Å². The van der Waals surface area contributed by atoms with Gasteiger partial charge in [-0.05, 0) is 17.9 Å². The van der Waals surface area contributed by atoms with Gasteiger partial charge in [0.25, 0.3) is 0 Å². The van der Waals surface area contributed by atoms with Crippen LogP contribution in [0, 0.1) is 5.92 Å². The van der Waals surface area contributed by atoms with E-state index in [1.165, 1.54) is 5.56 Å². The highest BCUT2D eigenvalue weighted by molar-refractivity contribution is 5.80. The third kappa shape index (κ3) is 5.03. The zero-order valence-electron chi connectivity index (χ0n) is 12.2. The van der Waals surface area contributed by atoms with Gasteiger partial charge in [-0.3, -0.25) is 10.1 Å². The highest BCUT2D eigenvalue weighted by atomic mass is 16.1. The minimum atomic E-state index is -0.276. The first kappa shape index (κ1) is 15.7. The average Bonchev–Trinajstić information content (AvgIpc) is 2.39. The lowest BCUT2D eigenvalue weighted by molar-refractivity contribution is -0.121. The summed E-state index contributed by atoms with van der Waals surface area (Å²) in [5, 5.41) is 3.43. The van der Waals surface area contributed by atoms with E-state index >= 15 is 0 Å². The first-order valence-corrected chi connectivity index (χ1v) is 7.16. The summed E-state index contributed by atoms with van der Waals surface area (Å²) in [4.78, 5) is 11.5. The third-order valence-corrected chi connectivity index (χ3v) is 3.40. The van der Waals surface area contributed by atoms with Crippen LogP contribution in [0.5, 0.6) is 0 Å². The smallest absolute Gasteiger partial charge is 0.234 e. The fourth-order valence-corrected chi connectivity index (χ4v) is 2.26. The average molecular weight is 262 g/mol. The van der Waals surface area contributed by atoms with E-state index in [0.29, 0.717) is 0 Å². The van der Waals surface area contributed by atoms with Crippen molar-refractivity contribution in [2.75, 3.05) is 0 Å². The molecule has 106 valence electrons. The second-order valence-electron chi connectivity index (χ2n) is 5.40. The van der Waals surface area contributed by atoms with Crippen LogP contribution >= 0.6 is 0 Å². The van der Waals surface area contributed by atoms with E-state index in [1.54, 1.807) is 0 Å². The minimum Gasteiger partial charge on any atom is -0.368 e. The monoisotopic (exact) mass is 262 g/mol. The van der Waals surface area contributed by atoms with Crippen LogP contribution in [0.2, 0.25) is 0 Å². The van der Waals surface area contributed by atoms with Crippen molar-refractivity contribution in [3.8, 4) is 0 Å². The van der Waals surface area contributed by atoms with Crippen molar-refractivity contribution in [1.29, 1.82) is 0 Å². The Bertz CT molecular complexity index is 376. The molecule has 1 aromatic rings. The van der Waals surface area contributed by atoms with Gasteiger partial charge in [0.05, 0.1) is 6.04 Å². The molecule has 1 amide bonds. The molecule has 3 heteroatoms. The van der Waals surface area contributed by atoms with Gasteiger partial charge in [0, 0.05) is 6.04 Å². The molecule has 3 nitrogen and oxygen atoms in total. The van der Waals surface area contributed by atoms with Crippen LogP contribution in [0.1, 0.15) is 51.6 Å². The lowest BCUT2D eigenvalue weighted by atomic mass is 9.97. The molecule has 2 atom stereocenters. The molecule has 0 saturated heterocycles. The Hall–Kier alpha value is -1.35. The molecule has 1 aromatic carbocycles. The van der Waals surface area contributed by atoms with Crippen LogP contribution in [-0.4, -0.2) is 11.9 Å². The van der Waals surface area contributed by atoms with Crippen molar-refractivity contribution in [1.82, 2.24) is 5.32 Å². The first-order chi connectivity index (χ1) is 9.06. The fourth-order valence-electron chi connectivity index (χ4n) is 2.26. The molecule has 2 unspecified atom stereocenters. The highest BCUT2D eigenvalue weighted by Crippen LogP contribution is 2.21. The van der Waals surface area contributed by atoms with Crippen LogP contribution in [0.25, 0.3) is 0 Å². The second-order valence-corrected chi connectivity index (χ2v) is 5.40. The summed E-state index contributed by atoms with van der Waals surface area (Å²) >= 11 is 0. The SMILES string of the molecule is CCCCC(NC(C(N)=O)C(C)C)c1ccccc1. The predicted octanol–water partition coefficient (Wildman–Crippen LogP) is 3.02. The number of primary amides is 1. The molecule has 3 N–H and O–H groups in total. The largest absolute Gasteiger partial charge is 0.368 e. The van der Waals surface area contributed by atoms with Gasteiger partial charge < -0.3 is 5.73 Å². The number of carbonyl (C=O) groups excluding carboxylic acids is 1. The van der Waals surface area contributed by atoms with Crippen LogP contribution in [0.4, 0.5) is 0 Å². The zero-order valence-corrected chi connectivity index (χ0v) is 12.2. The molecule has 0 bridgehead atoms. The van der Waals surface area contributed by atoms with Gasteiger partial charge in [0.2, 0.25) is 5.91 Å². The third-order valence-electron chi connectivity index (χ3n) is 3.40. The van der Waals surface area contributed by atoms with Gasteiger partial charge in [-0.1, -0.05) is 63.9 Å². The van der Waals surface area contributed by atoms with Crippen molar-refractivity contribution in [3.05, 3.63) is 35.9 Å². The van der Waals surface area contributed by atoms with Crippen molar-refractivity contribution in [2.45, 2.75) is 52.1 Å². The number of nitrogens with one attached hydrogen (secondary N) is 1. The van der Waals surface area contributed by atoms with Gasteiger partial charge >= 0.3 is 0 Å². The number of hydrogen-bond acceptors (Lipinski definition) is 2. The van der Waals surface area contributed by atoms with E-state index < -0.39 is 0 Å². The Labute approximate surface area is 116 Å². The number of unbranched alkanes of at least 4 members (excludes halogenated alkanes) is 1. The summed E-state index contributed by atoms with van der Waals surface area (Å²) in [5.41, 5.74) is 6.72. The normalized spacial score (nSPS) is 14.3. The topological polar surface area (TPSA) is 55.1 Å². The Balaban J connectivity index is 2.82. The first-order valence-electron chi connectivity index (χ1n) is 7.16. The van der Waals surface area contributed by atoms with E-state index in [0.717, 1.165) is 19.3 Å². The van der Waals surface area contributed by atoms with E-state index in [9.17, 15) is 4.79 Å². The van der Waals surface area contributed by atoms with Gasteiger partial charge in [0.1, 0.15) is 0 Å². The van der Waals surface area contributed by atoms with Crippen molar-refractivity contribution in [3.63, 3.8) is 0 Å². The summed E-state index contributed by atoms with van der Waals surface area (Å²) in [5.74, 6) is -0.0715. The van der Waals surface area contributed by atoms with Gasteiger partial charge in [-0.15, -0.1) is 0 Å². The summed E-state index contributed by atoms with van der Waals surface area (Å²) in [6.45, 7) is 6.21. The second kappa shape index (κ2) is 7.95. The number of rotatable bonds is 8. The quantitative estimate of drug-likeness (QED) is 0.756. The zero-order chi connectivity index (χ0) is 14.3. The van der Waals surface area contributed by atoms with Crippen LogP contribution in [0.15, 0.2) is 30.3 Å². The molecule has 0 aliphatic heterocycles. The predicted molar refractivity (Wildman–Crippen MR) is 79.7 cm³/mol. The molecular weight excluding hydrogens is 236 g/mol. The number of amides is 1. The number of benzene rings is 1. The molecule has 0 fully saturated rings. The Morgan fingerprint density at radius 1 is 1.26 bits per heavy atom. The number of carbonyl (C=O) groups is 1. The number of nitrogens with two attached hydrogens (primary N) is 1. The van der Waals surface area contributed by atoms with E-state index in [-0.39, 0.29) is 23.9 Å². The molecule has 0 radical (unpaired) electrons. The maximum Gasteiger partial charge on any atom is 0.234 e. The van der Waals surface area contributed by atoms with Crippen LogP contribution in [-0.2, 0) is 4.79 Å². The fraction of sp³-hybridized carbons (Fsp3) is 0.562. The Kier molecular flexibility index (Phi) is 6.57. The van der Waals surface area contributed by atoms with Crippen molar-refractivity contribution >= 4 is 5.91 Å². The molecule has 0 spiro atoms. The number of hydrogen-bond donors (Lipinski definition) is 2. The minimum absolute atomic E-state index is 0.195. The summed E-state index contributed by atoms with van der Waals surface area (Å²) in [6.07, 6.45) is 3.31. The summed E-state index contributed by atoms with van der Waals surface area (Å²) in [6, 6.07) is 10.2. The molecule has 0 heterocycles. The van der Waals surface area contributed by atoms with Crippen molar-refractivity contribution in [2.24, 2.45) is 11.7 Å². The Morgan fingerprint density at radius 2 is 1.89 bits per heavy atom. The molecule has 1 rings (SSSR count). The Morgan fingerprint density at radius 3 is 2.37 bits per heavy atom. The van der Waals surface area contributed by atoms with Gasteiger partial charge in [-0.25, -0.2) is 0 Å². The lowest BCUT2D eigenvalue weighted by Crippen LogP contribution is -2.46. The van der Waals surface area contributed by atoms with E-state index in [4.69, 9.17) is 5.73 Å². The standard InChI is InChI=1S/C16H26N2O/c1-4-5-11-14(13-9-7-6-8-10-13)18-15(12(2)3)16(17)19/h6-10,12,14-15,18H,4-5,11H2,1-3H3,(H2,17,19). The molecule has 0 aromatic heterocycles. The van der Waals surface area contributed by atoms with Crippen LogP contribution in [0.3, 0.4) is 0 Å². The highest BCUT2D eigenvalue weighted by Gasteiger charge is 2.23. The lowest BCUT2D eigenvalue weighted by Gasteiger charge is -2.26. The van der Waals surface area contributed by atoms with Crippen molar-refractivity contribution < 1.29 is 4.79 Å². The van der Waals surface area contributed by atoms with Gasteiger partial charge in [0.15, 0.2) is 0 Å². The molecule has 0 aliphatic carbocycles. The summed E-state index contributed by atoms with van der Waals surface area (Å²) in [7, 11) is 0.